The number of carbonyl (C=O) groups is 1. The molecule has 4 heteroatoms. The van der Waals surface area contributed by atoms with Gasteiger partial charge in [0.2, 0.25) is 0 Å². The molecule has 4 rings (SSSR count). The standard InChI is InChI=1S/C24H40O4/c1-14(4-9-22(27)28)18-7-8-19-17-6-5-15-12-16(25)10-11-23(15,2)20(17)13-21(26)24(18,19)3/h14-21,25-26H,4-13H2,1-3H3,(H,27,28)/p-1/t14-,15-,16-,17?,18-,19?,20?,21+,23+,24-/m1/s1. The summed E-state index contributed by atoms with van der Waals surface area (Å²) in [5, 5.41) is 32.6. The van der Waals surface area contributed by atoms with Crippen molar-refractivity contribution in [3.05, 3.63) is 0 Å². The van der Waals surface area contributed by atoms with Crippen molar-refractivity contribution >= 4 is 5.97 Å². The summed E-state index contributed by atoms with van der Waals surface area (Å²) in [7, 11) is 0. The van der Waals surface area contributed by atoms with Gasteiger partial charge in [-0.25, -0.2) is 0 Å². The van der Waals surface area contributed by atoms with E-state index < -0.39 is 5.97 Å². The lowest BCUT2D eigenvalue weighted by Crippen LogP contribution is -2.58. The average Bonchev–Trinajstić information content (AvgIpc) is 3.00. The first-order valence-electron chi connectivity index (χ1n) is 11.7. The molecule has 0 bridgehead atoms. The number of hydrogen-bond donors (Lipinski definition) is 2. The van der Waals surface area contributed by atoms with Crippen LogP contribution in [0.2, 0.25) is 0 Å². The monoisotopic (exact) mass is 391 g/mol. The van der Waals surface area contributed by atoms with E-state index in [4.69, 9.17) is 0 Å². The van der Waals surface area contributed by atoms with Crippen LogP contribution >= 0.6 is 0 Å². The van der Waals surface area contributed by atoms with Gasteiger partial charge in [-0.1, -0.05) is 20.8 Å². The Kier molecular flexibility index (Phi) is 5.36. The van der Waals surface area contributed by atoms with Gasteiger partial charge >= 0.3 is 0 Å². The Bertz CT molecular complexity index is 605. The minimum Gasteiger partial charge on any atom is -0.550 e. The van der Waals surface area contributed by atoms with E-state index in [0.29, 0.717) is 41.9 Å². The van der Waals surface area contributed by atoms with Crippen molar-refractivity contribution in [1.29, 1.82) is 0 Å². The summed E-state index contributed by atoms with van der Waals surface area (Å²) in [5.41, 5.74) is 0.188. The first-order chi connectivity index (χ1) is 13.2. The highest BCUT2D eigenvalue weighted by atomic mass is 16.4. The Balaban J connectivity index is 1.56. The molecule has 2 N–H and O–H groups in total. The van der Waals surface area contributed by atoms with Crippen LogP contribution in [-0.2, 0) is 4.79 Å². The number of aliphatic carboxylic acids is 1. The van der Waals surface area contributed by atoms with Crippen molar-refractivity contribution in [2.75, 3.05) is 0 Å². The van der Waals surface area contributed by atoms with Gasteiger partial charge in [0, 0.05) is 5.97 Å². The molecule has 4 aliphatic carbocycles. The highest BCUT2D eigenvalue weighted by molar-refractivity contribution is 5.64. The van der Waals surface area contributed by atoms with Gasteiger partial charge in [-0.2, -0.15) is 0 Å². The number of aliphatic hydroxyl groups is 2. The summed E-state index contributed by atoms with van der Waals surface area (Å²) < 4.78 is 0. The molecule has 0 radical (unpaired) electrons. The Hall–Kier alpha value is -0.610. The molecule has 0 aromatic carbocycles. The van der Waals surface area contributed by atoms with Crippen LogP contribution in [0.1, 0.15) is 85.0 Å². The Morgan fingerprint density at radius 3 is 2.54 bits per heavy atom. The van der Waals surface area contributed by atoms with E-state index in [-0.39, 0.29) is 29.5 Å². The number of hydrogen-bond acceptors (Lipinski definition) is 4. The summed E-state index contributed by atoms with van der Waals surface area (Å²) in [6, 6.07) is 0. The lowest BCUT2D eigenvalue weighted by atomic mass is 9.43. The topological polar surface area (TPSA) is 80.6 Å². The molecule has 0 spiro atoms. The second kappa shape index (κ2) is 7.27. The van der Waals surface area contributed by atoms with Crippen molar-refractivity contribution in [1.82, 2.24) is 0 Å². The molecule has 4 fully saturated rings. The third kappa shape index (κ3) is 3.05. The number of carboxylic acid groups (broad SMARTS) is 1. The normalized spacial score (nSPS) is 51.7. The Morgan fingerprint density at radius 1 is 1.07 bits per heavy atom. The van der Waals surface area contributed by atoms with Gasteiger partial charge in [-0.15, -0.1) is 0 Å². The molecule has 28 heavy (non-hydrogen) atoms. The van der Waals surface area contributed by atoms with E-state index in [9.17, 15) is 20.1 Å². The number of rotatable bonds is 4. The molecule has 0 amide bonds. The highest BCUT2D eigenvalue weighted by Crippen LogP contribution is 2.68. The summed E-state index contributed by atoms with van der Waals surface area (Å²) in [6.07, 6.45) is 8.98. The summed E-state index contributed by atoms with van der Waals surface area (Å²) in [6.45, 7) is 6.94. The van der Waals surface area contributed by atoms with Gasteiger partial charge in [-0.3, -0.25) is 0 Å². The fraction of sp³-hybridized carbons (Fsp3) is 0.958. The summed E-state index contributed by atoms with van der Waals surface area (Å²) >= 11 is 0. The zero-order chi connectivity index (χ0) is 20.3. The lowest BCUT2D eigenvalue weighted by molar-refractivity contribution is -0.306. The Morgan fingerprint density at radius 2 is 1.82 bits per heavy atom. The third-order valence-electron chi connectivity index (χ3n) is 10.3. The van der Waals surface area contributed by atoms with Gasteiger partial charge < -0.3 is 20.1 Å². The van der Waals surface area contributed by atoms with Crippen LogP contribution in [0.3, 0.4) is 0 Å². The zero-order valence-corrected chi connectivity index (χ0v) is 17.9. The fourth-order valence-electron chi connectivity index (χ4n) is 8.71. The number of carbonyl (C=O) groups excluding carboxylic acids is 1. The van der Waals surface area contributed by atoms with Gasteiger partial charge in [0.1, 0.15) is 0 Å². The minimum absolute atomic E-state index is 0.0795. The van der Waals surface area contributed by atoms with E-state index >= 15 is 0 Å². The molecule has 0 heterocycles. The Labute approximate surface area is 170 Å². The van der Waals surface area contributed by atoms with Gasteiger partial charge in [0.05, 0.1) is 12.2 Å². The molecule has 160 valence electrons. The first kappa shape index (κ1) is 20.7. The second-order valence-electron chi connectivity index (χ2n) is 11.3. The van der Waals surface area contributed by atoms with Gasteiger partial charge in [-0.05, 0) is 111 Å². The summed E-state index contributed by atoms with van der Waals surface area (Å²) in [5.74, 6) is 2.19. The van der Waals surface area contributed by atoms with E-state index in [1.165, 1.54) is 19.3 Å². The van der Waals surface area contributed by atoms with Crippen molar-refractivity contribution in [3.8, 4) is 0 Å². The molecule has 4 nitrogen and oxygen atoms in total. The predicted molar refractivity (Wildman–Crippen MR) is 106 cm³/mol. The molecule has 3 unspecified atom stereocenters. The van der Waals surface area contributed by atoms with Gasteiger partial charge in [0.25, 0.3) is 0 Å². The van der Waals surface area contributed by atoms with Crippen molar-refractivity contribution in [3.63, 3.8) is 0 Å². The average molecular weight is 392 g/mol. The second-order valence-corrected chi connectivity index (χ2v) is 11.3. The van der Waals surface area contributed by atoms with Crippen LogP contribution in [0.25, 0.3) is 0 Å². The SMILES string of the molecule is C[C@H](CCC(=O)[O-])[C@H]1CCC2C3CC[C@@H]4C[C@H](O)CC[C@]4(C)C3C[C@H](O)[C@@]21C. The first-order valence-corrected chi connectivity index (χ1v) is 11.7. The highest BCUT2D eigenvalue weighted by Gasteiger charge is 2.63. The van der Waals surface area contributed by atoms with Crippen LogP contribution in [-0.4, -0.2) is 28.4 Å². The summed E-state index contributed by atoms with van der Waals surface area (Å²) in [4.78, 5) is 10.9. The maximum Gasteiger partial charge on any atom is 0.0602 e. The zero-order valence-electron chi connectivity index (χ0n) is 17.9. The molecular formula is C24H39O4-. The number of aliphatic hydroxyl groups excluding tert-OH is 2. The minimum atomic E-state index is -0.957. The van der Waals surface area contributed by atoms with Crippen molar-refractivity contribution < 1.29 is 20.1 Å². The molecule has 4 aliphatic rings. The molecule has 0 aliphatic heterocycles. The van der Waals surface area contributed by atoms with Crippen LogP contribution in [0.4, 0.5) is 0 Å². The van der Waals surface area contributed by atoms with E-state index in [1.807, 2.05) is 0 Å². The third-order valence-corrected chi connectivity index (χ3v) is 10.3. The quantitative estimate of drug-likeness (QED) is 0.771. The molecular weight excluding hydrogens is 352 g/mol. The fourth-order valence-corrected chi connectivity index (χ4v) is 8.71. The molecule has 10 atom stereocenters. The predicted octanol–water partition coefficient (Wildman–Crippen LogP) is 3.14. The van der Waals surface area contributed by atoms with Crippen LogP contribution in [0, 0.1) is 46.3 Å². The van der Waals surface area contributed by atoms with Gasteiger partial charge in [0.15, 0.2) is 0 Å². The maximum atomic E-state index is 11.5. The largest absolute Gasteiger partial charge is 0.550 e. The van der Waals surface area contributed by atoms with Crippen molar-refractivity contribution in [2.24, 2.45) is 46.3 Å². The van der Waals surface area contributed by atoms with E-state index in [1.54, 1.807) is 0 Å². The molecule has 0 aromatic rings. The van der Waals surface area contributed by atoms with E-state index in [2.05, 4.69) is 20.8 Å². The van der Waals surface area contributed by atoms with Crippen LogP contribution < -0.4 is 5.11 Å². The van der Waals surface area contributed by atoms with E-state index in [0.717, 1.165) is 32.1 Å². The molecule has 0 aromatic heterocycles. The maximum absolute atomic E-state index is 11.5. The van der Waals surface area contributed by atoms with Crippen LogP contribution in [0.5, 0.6) is 0 Å². The molecule has 4 saturated carbocycles. The number of fused-ring (bicyclic) bond motifs is 5. The number of carboxylic acids is 1. The lowest BCUT2D eigenvalue weighted by Gasteiger charge is -2.62. The molecule has 0 saturated heterocycles. The van der Waals surface area contributed by atoms with Crippen molar-refractivity contribution in [2.45, 2.75) is 97.2 Å². The smallest absolute Gasteiger partial charge is 0.0602 e. The van der Waals surface area contributed by atoms with Crippen LogP contribution in [0.15, 0.2) is 0 Å².